The highest BCUT2D eigenvalue weighted by Gasteiger charge is 2.26. The molecule has 0 saturated carbocycles. The number of hydrogen-bond acceptors (Lipinski definition) is 5. The van der Waals surface area contributed by atoms with Crippen molar-refractivity contribution in [3.8, 4) is 0 Å². The molecule has 1 amide bonds. The molecule has 1 heterocycles. The number of nitrogens with zero attached hydrogens (tertiary/aromatic N) is 2. The van der Waals surface area contributed by atoms with Crippen molar-refractivity contribution >= 4 is 23.3 Å². The lowest BCUT2D eigenvalue weighted by atomic mass is 9.93. The number of benzene rings is 1. The third-order valence-electron chi connectivity index (χ3n) is 4.05. The van der Waals surface area contributed by atoms with Crippen LogP contribution in [-0.4, -0.2) is 39.9 Å². The Hall–Kier alpha value is -2.64. The van der Waals surface area contributed by atoms with E-state index in [1.807, 2.05) is 0 Å². The molecule has 1 aromatic rings. The second kappa shape index (κ2) is 7.08. The summed E-state index contributed by atoms with van der Waals surface area (Å²) in [5.74, 6) is -0.983. The molecule has 8 heteroatoms. The van der Waals surface area contributed by atoms with Gasteiger partial charge >= 0.3 is 5.97 Å². The van der Waals surface area contributed by atoms with E-state index in [-0.39, 0.29) is 35.2 Å². The van der Waals surface area contributed by atoms with Crippen molar-refractivity contribution < 1.29 is 19.6 Å². The number of nitro benzene ring substituents is 1. The molecule has 1 atom stereocenters. The molecule has 1 aromatic carbocycles. The largest absolute Gasteiger partial charge is 0.481 e. The van der Waals surface area contributed by atoms with E-state index >= 15 is 0 Å². The van der Waals surface area contributed by atoms with Gasteiger partial charge in [-0.05, 0) is 37.3 Å². The number of carboxylic acid groups (broad SMARTS) is 1. The number of nitrogens with two attached hydrogens (primary N) is 1. The van der Waals surface area contributed by atoms with Gasteiger partial charge in [0.1, 0.15) is 5.69 Å². The molecule has 0 bridgehead atoms. The van der Waals surface area contributed by atoms with E-state index in [9.17, 15) is 19.7 Å². The van der Waals surface area contributed by atoms with Crippen LogP contribution in [0, 0.1) is 16.0 Å². The number of carbonyl (C=O) groups excluding carboxylic acids is 1. The minimum Gasteiger partial charge on any atom is -0.481 e. The number of rotatable bonds is 5. The van der Waals surface area contributed by atoms with Crippen LogP contribution in [-0.2, 0) is 4.79 Å². The standard InChI is InChI=1S/C15H19N3O5/c16-12-5-4-11(8-13(12)18(22)23)15(21)17-7-1-2-10(9-17)3-6-14(19)20/h4-5,8,10H,1-3,6-7,9,16H2,(H,19,20). The summed E-state index contributed by atoms with van der Waals surface area (Å²) in [6.45, 7) is 1.05. The van der Waals surface area contributed by atoms with E-state index < -0.39 is 10.9 Å². The smallest absolute Gasteiger partial charge is 0.303 e. The van der Waals surface area contributed by atoms with Gasteiger partial charge in [-0.15, -0.1) is 0 Å². The van der Waals surface area contributed by atoms with Crippen LogP contribution in [0.15, 0.2) is 18.2 Å². The molecule has 2 rings (SSSR count). The number of nitrogen functional groups attached to an aromatic ring is 1. The average molecular weight is 321 g/mol. The lowest BCUT2D eigenvalue weighted by Crippen LogP contribution is -2.40. The topological polar surface area (TPSA) is 127 Å². The van der Waals surface area contributed by atoms with Crippen molar-refractivity contribution in [1.82, 2.24) is 4.90 Å². The molecule has 124 valence electrons. The van der Waals surface area contributed by atoms with Crippen molar-refractivity contribution in [2.45, 2.75) is 25.7 Å². The normalized spacial score (nSPS) is 17.7. The lowest BCUT2D eigenvalue weighted by Gasteiger charge is -2.32. The first-order valence-corrected chi connectivity index (χ1v) is 7.43. The average Bonchev–Trinajstić information content (AvgIpc) is 2.52. The van der Waals surface area contributed by atoms with Gasteiger partial charge in [0.15, 0.2) is 0 Å². The van der Waals surface area contributed by atoms with E-state index in [4.69, 9.17) is 10.8 Å². The Morgan fingerprint density at radius 1 is 1.43 bits per heavy atom. The van der Waals surface area contributed by atoms with E-state index in [1.165, 1.54) is 18.2 Å². The van der Waals surface area contributed by atoms with Crippen molar-refractivity contribution in [2.24, 2.45) is 5.92 Å². The predicted molar refractivity (Wildman–Crippen MR) is 83.0 cm³/mol. The summed E-state index contributed by atoms with van der Waals surface area (Å²) in [5.41, 5.74) is 5.50. The van der Waals surface area contributed by atoms with Crippen LogP contribution in [0.2, 0.25) is 0 Å². The van der Waals surface area contributed by atoms with Gasteiger partial charge in [0.05, 0.1) is 4.92 Å². The summed E-state index contributed by atoms with van der Waals surface area (Å²) >= 11 is 0. The highest BCUT2D eigenvalue weighted by atomic mass is 16.6. The summed E-state index contributed by atoms with van der Waals surface area (Å²) in [6.07, 6.45) is 2.30. The number of nitro groups is 1. The Labute approximate surface area is 133 Å². The molecule has 0 radical (unpaired) electrons. The molecule has 1 aliphatic rings. The fourth-order valence-corrected chi connectivity index (χ4v) is 2.83. The van der Waals surface area contributed by atoms with E-state index in [1.54, 1.807) is 4.90 Å². The number of carboxylic acids is 1. The number of amides is 1. The number of piperidine rings is 1. The summed E-state index contributed by atoms with van der Waals surface area (Å²) in [5, 5.41) is 19.7. The molecule has 1 unspecified atom stereocenters. The quantitative estimate of drug-likeness (QED) is 0.484. The SMILES string of the molecule is Nc1ccc(C(=O)N2CCCC(CCC(=O)O)C2)cc1[N+](=O)[O-]. The first-order chi connectivity index (χ1) is 10.9. The maximum Gasteiger partial charge on any atom is 0.303 e. The number of carbonyl (C=O) groups is 2. The molecular formula is C15H19N3O5. The van der Waals surface area contributed by atoms with Crippen molar-refractivity contribution in [2.75, 3.05) is 18.8 Å². The molecule has 1 saturated heterocycles. The van der Waals surface area contributed by atoms with Gasteiger partial charge in [-0.3, -0.25) is 19.7 Å². The van der Waals surface area contributed by atoms with Crippen LogP contribution in [0.5, 0.6) is 0 Å². The van der Waals surface area contributed by atoms with Crippen LogP contribution in [0.25, 0.3) is 0 Å². The second-order valence-electron chi connectivity index (χ2n) is 5.72. The van der Waals surface area contributed by atoms with Crippen LogP contribution in [0.4, 0.5) is 11.4 Å². The minimum atomic E-state index is -0.845. The minimum absolute atomic E-state index is 0.0181. The second-order valence-corrected chi connectivity index (χ2v) is 5.72. The molecule has 3 N–H and O–H groups in total. The number of aliphatic carboxylic acids is 1. The van der Waals surface area contributed by atoms with Crippen molar-refractivity contribution in [3.63, 3.8) is 0 Å². The monoisotopic (exact) mass is 321 g/mol. The molecule has 0 spiro atoms. The molecule has 8 nitrogen and oxygen atoms in total. The zero-order valence-corrected chi connectivity index (χ0v) is 12.6. The third-order valence-corrected chi connectivity index (χ3v) is 4.05. The Morgan fingerprint density at radius 3 is 2.83 bits per heavy atom. The molecule has 1 fully saturated rings. The highest BCUT2D eigenvalue weighted by Crippen LogP contribution is 2.26. The molecule has 0 aliphatic carbocycles. The third kappa shape index (κ3) is 4.18. The Bertz CT molecular complexity index is 632. The van der Waals surface area contributed by atoms with E-state index in [2.05, 4.69) is 0 Å². The molecule has 23 heavy (non-hydrogen) atoms. The Kier molecular flexibility index (Phi) is 5.15. The van der Waals surface area contributed by atoms with Crippen LogP contribution in [0.3, 0.4) is 0 Å². The van der Waals surface area contributed by atoms with Gasteiger partial charge < -0.3 is 15.7 Å². The maximum atomic E-state index is 12.5. The zero-order valence-electron chi connectivity index (χ0n) is 12.6. The van der Waals surface area contributed by atoms with Gasteiger partial charge in [0, 0.05) is 31.1 Å². The maximum absolute atomic E-state index is 12.5. The first kappa shape index (κ1) is 16.7. The number of likely N-dealkylation sites (tertiary alicyclic amines) is 1. The predicted octanol–water partition coefficient (Wildman–Crippen LogP) is 1.89. The zero-order chi connectivity index (χ0) is 17.0. The van der Waals surface area contributed by atoms with Crippen LogP contribution < -0.4 is 5.73 Å². The lowest BCUT2D eigenvalue weighted by molar-refractivity contribution is -0.383. The van der Waals surface area contributed by atoms with Gasteiger partial charge in [-0.1, -0.05) is 0 Å². The number of hydrogen-bond donors (Lipinski definition) is 2. The summed E-state index contributed by atoms with van der Waals surface area (Å²) < 4.78 is 0. The van der Waals surface area contributed by atoms with E-state index in [0.717, 1.165) is 12.8 Å². The molecule has 1 aliphatic heterocycles. The van der Waals surface area contributed by atoms with Gasteiger partial charge in [-0.25, -0.2) is 0 Å². The summed E-state index contributed by atoms with van der Waals surface area (Å²) in [7, 11) is 0. The first-order valence-electron chi connectivity index (χ1n) is 7.43. The molecular weight excluding hydrogens is 302 g/mol. The Balaban J connectivity index is 2.09. The molecule has 0 aromatic heterocycles. The van der Waals surface area contributed by atoms with Crippen LogP contribution >= 0.6 is 0 Å². The van der Waals surface area contributed by atoms with Gasteiger partial charge in [0.25, 0.3) is 11.6 Å². The van der Waals surface area contributed by atoms with Crippen molar-refractivity contribution in [3.05, 3.63) is 33.9 Å². The van der Waals surface area contributed by atoms with E-state index in [0.29, 0.717) is 19.5 Å². The summed E-state index contributed by atoms with van der Waals surface area (Å²) in [4.78, 5) is 35.1. The van der Waals surface area contributed by atoms with Crippen LogP contribution in [0.1, 0.15) is 36.0 Å². The Morgan fingerprint density at radius 2 is 2.17 bits per heavy atom. The fraction of sp³-hybridized carbons (Fsp3) is 0.467. The van der Waals surface area contributed by atoms with Gasteiger partial charge in [-0.2, -0.15) is 0 Å². The van der Waals surface area contributed by atoms with Gasteiger partial charge in [0.2, 0.25) is 0 Å². The summed E-state index contributed by atoms with van der Waals surface area (Å²) in [6, 6.07) is 4.03. The van der Waals surface area contributed by atoms with Crippen molar-refractivity contribution in [1.29, 1.82) is 0 Å². The number of anilines is 1. The fourth-order valence-electron chi connectivity index (χ4n) is 2.83. The highest BCUT2D eigenvalue weighted by molar-refractivity contribution is 5.95.